The third-order valence-electron chi connectivity index (χ3n) is 8.13. The number of rotatable bonds is 13. The number of hydrogen-bond donors (Lipinski definition) is 0. The molecule has 0 bridgehead atoms. The van der Waals surface area contributed by atoms with Gasteiger partial charge in [0, 0.05) is 59.5 Å². The van der Waals surface area contributed by atoms with Crippen LogP contribution in [0.1, 0.15) is 42.5 Å². The van der Waals surface area contributed by atoms with E-state index in [2.05, 4.69) is 28.0 Å². The fourth-order valence-corrected chi connectivity index (χ4v) is 7.54. The van der Waals surface area contributed by atoms with Crippen molar-refractivity contribution >= 4 is 34.8 Å². The standard InChI is InChI=1S/C36H40F3N3O4S2/c1-5-25-21-30(15-16-32(25)46-24(3)35(43)45-6-2)47-23-33-31(40-34(48-33)26-7-9-27(10-8-26)36(37,38)39)22-41-17-19-42(20-18-41)28-11-13-29(44-4)14-12-28/h7-16,21,24H,5-6,17-20,22-23H2,1-4H3. The quantitative estimate of drug-likeness (QED) is 0.102. The number of esters is 1. The minimum Gasteiger partial charge on any atom is -0.497 e. The molecule has 256 valence electrons. The zero-order valence-electron chi connectivity index (χ0n) is 27.5. The highest BCUT2D eigenvalue weighted by molar-refractivity contribution is 7.98. The molecule has 12 heteroatoms. The molecule has 1 aliphatic heterocycles. The van der Waals surface area contributed by atoms with E-state index in [0.29, 0.717) is 35.2 Å². The molecule has 48 heavy (non-hydrogen) atoms. The van der Waals surface area contributed by atoms with E-state index in [1.807, 2.05) is 31.2 Å². The van der Waals surface area contributed by atoms with Gasteiger partial charge < -0.3 is 19.1 Å². The Bertz CT molecular complexity index is 1650. The van der Waals surface area contributed by atoms with Crippen LogP contribution >= 0.6 is 23.1 Å². The summed E-state index contributed by atoms with van der Waals surface area (Å²) in [7, 11) is 1.66. The molecular weight excluding hydrogens is 660 g/mol. The second-order valence-electron chi connectivity index (χ2n) is 11.3. The predicted octanol–water partition coefficient (Wildman–Crippen LogP) is 8.34. The van der Waals surface area contributed by atoms with Crippen LogP contribution in [0.5, 0.6) is 11.5 Å². The molecule has 1 atom stereocenters. The van der Waals surface area contributed by atoms with Crippen LogP contribution in [-0.4, -0.2) is 61.9 Å². The number of carbonyl (C=O) groups excluding carboxylic acids is 1. The summed E-state index contributed by atoms with van der Waals surface area (Å²) in [6.45, 7) is 9.89. The number of thiazole rings is 1. The highest BCUT2D eigenvalue weighted by atomic mass is 32.2. The summed E-state index contributed by atoms with van der Waals surface area (Å²) in [5.41, 5.74) is 3.08. The van der Waals surface area contributed by atoms with Gasteiger partial charge in [-0.25, -0.2) is 9.78 Å². The first-order valence-electron chi connectivity index (χ1n) is 15.9. The van der Waals surface area contributed by atoms with E-state index < -0.39 is 23.8 Å². The summed E-state index contributed by atoms with van der Waals surface area (Å²) >= 11 is 3.20. The number of carbonyl (C=O) groups is 1. The van der Waals surface area contributed by atoms with E-state index in [-0.39, 0.29) is 0 Å². The number of piperazine rings is 1. The summed E-state index contributed by atoms with van der Waals surface area (Å²) in [4.78, 5) is 23.9. The molecule has 1 saturated heterocycles. The van der Waals surface area contributed by atoms with Gasteiger partial charge in [-0.15, -0.1) is 23.1 Å². The van der Waals surface area contributed by atoms with E-state index in [4.69, 9.17) is 19.2 Å². The summed E-state index contributed by atoms with van der Waals surface area (Å²) in [5, 5.41) is 0.706. The Labute approximate surface area is 288 Å². The fraction of sp³-hybridized carbons (Fsp3) is 0.389. The Morgan fingerprint density at radius 2 is 1.71 bits per heavy atom. The van der Waals surface area contributed by atoms with Crippen molar-refractivity contribution in [2.75, 3.05) is 44.8 Å². The van der Waals surface area contributed by atoms with Gasteiger partial charge in [0.05, 0.1) is 25.0 Å². The molecule has 1 aliphatic rings. The third-order valence-corrected chi connectivity index (χ3v) is 10.5. The normalized spacial score (nSPS) is 14.5. The molecule has 1 fully saturated rings. The van der Waals surface area contributed by atoms with Crippen LogP contribution in [0, 0.1) is 0 Å². The van der Waals surface area contributed by atoms with E-state index >= 15 is 0 Å². The van der Waals surface area contributed by atoms with Crippen LogP contribution in [0.3, 0.4) is 0 Å². The number of hydrogen-bond acceptors (Lipinski definition) is 9. The maximum Gasteiger partial charge on any atom is 0.416 e. The summed E-state index contributed by atoms with van der Waals surface area (Å²) in [6.07, 6.45) is -4.38. The van der Waals surface area contributed by atoms with E-state index in [0.717, 1.165) is 77.2 Å². The molecule has 2 heterocycles. The lowest BCUT2D eigenvalue weighted by Gasteiger charge is -2.36. The number of anilines is 1. The minimum atomic E-state index is -4.39. The van der Waals surface area contributed by atoms with Crippen LogP contribution in [-0.2, 0) is 34.4 Å². The highest BCUT2D eigenvalue weighted by Gasteiger charge is 2.30. The number of halogens is 3. The van der Waals surface area contributed by atoms with Crippen LogP contribution in [0.15, 0.2) is 71.6 Å². The summed E-state index contributed by atoms with van der Waals surface area (Å²) in [6, 6.07) is 19.3. The highest BCUT2D eigenvalue weighted by Crippen LogP contribution is 2.37. The molecule has 0 saturated carbocycles. The van der Waals surface area contributed by atoms with E-state index in [1.165, 1.54) is 23.5 Å². The minimum absolute atomic E-state index is 0.294. The molecule has 0 aliphatic carbocycles. The van der Waals surface area contributed by atoms with Gasteiger partial charge in [0.1, 0.15) is 16.5 Å². The number of ether oxygens (including phenoxy) is 3. The molecule has 1 aromatic heterocycles. The van der Waals surface area contributed by atoms with Gasteiger partial charge in [-0.3, -0.25) is 4.90 Å². The Balaban J connectivity index is 1.31. The van der Waals surface area contributed by atoms with Crippen molar-refractivity contribution in [2.45, 2.75) is 56.7 Å². The Kier molecular flexibility index (Phi) is 11.9. The smallest absolute Gasteiger partial charge is 0.416 e. The molecular formula is C36H40F3N3O4S2. The lowest BCUT2D eigenvalue weighted by atomic mass is 10.1. The second kappa shape index (κ2) is 16.1. The zero-order chi connectivity index (χ0) is 34.3. The average Bonchev–Trinajstić information content (AvgIpc) is 3.50. The topological polar surface area (TPSA) is 64.1 Å². The lowest BCUT2D eigenvalue weighted by Crippen LogP contribution is -2.46. The Hall–Kier alpha value is -3.74. The SMILES string of the molecule is CCOC(=O)C(C)Oc1ccc(SCc2sc(-c3ccc(C(F)(F)F)cc3)nc2CN2CCN(c3ccc(OC)cc3)CC2)cc1CC. The van der Waals surface area contributed by atoms with Crippen molar-refractivity contribution in [1.29, 1.82) is 0 Å². The van der Waals surface area contributed by atoms with Crippen molar-refractivity contribution in [1.82, 2.24) is 9.88 Å². The number of alkyl halides is 3. The monoisotopic (exact) mass is 699 g/mol. The van der Waals surface area contributed by atoms with Gasteiger partial charge in [-0.1, -0.05) is 19.1 Å². The van der Waals surface area contributed by atoms with Gasteiger partial charge in [-0.05, 0) is 80.4 Å². The predicted molar refractivity (Wildman–Crippen MR) is 185 cm³/mol. The van der Waals surface area contributed by atoms with Crippen LogP contribution in [0.2, 0.25) is 0 Å². The number of aryl methyl sites for hydroxylation is 1. The van der Waals surface area contributed by atoms with Crippen LogP contribution in [0.25, 0.3) is 10.6 Å². The number of methoxy groups -OCH3 is 1. The lowest BCUT2D eigenvalue weighted by molar-refractivity contribution is -0.150. The molecule has 5 rings (SSSR count). The first-order chi connectivity index (χ1) is 23.1. The van der Waals surface area contributed by atoms with Gasteiger partial charge in [0.25, 0.3) is 0 Å². The van der Waals surface area contributed by atoms with Crippen LogP contribution < -0.4 is 14.4 Å². The fourth-order valence-electron chi connectivity index (χ4n) is 5.40. The summed E-state index contributed by atoms with van der Waals surface area (Å²) in [5.74, 6) is 1.73. The van der Waals surface area contributed by atoms with Gasteiger partial charge in [0.2, 0.25) is 0 Å². The Morgan fingerprint density at radius 1 is 1.00 bits per heavy atom. The first kappa shape index (κ1) is 35.6. The molecule has 3 aromatic carbocycles. The van der Waals surface area contributed by atoms with Crippen molar-refractivity contribution in [3.8, 4) is 22.1 Å². The first-order valence-corrected chi connectivity index (χ1v) is 17.7. The van der Waals surface area contributed by atoms with Gasteiger partial charge >= 0.3 is 12.1 Å². The number of aromatic nitrogens is 1. The largest absolute Gasteiger partial charge is 0.497 e. The van der Waals surface area contributed by atoms with Crippen LogP contribution in [0.4, 0.5) is 18.9 Å². The molecule has 0 radical (unpaired) electrons. The molecule has 0 amide bonds. The number of thioether (sulfide) groups is 1. The molecule has 4 aromatic rings. The van der Waals surface area contributed by atoms with E-state index in [9.17, 15) is 18.0 Å². The maximum atomic E-state index is 13.2. The number of nitrogens with zero attached hydrogens (tertiary/aromatic N) is 3. The van der Waals surface area contributed by atoms with Crippen molar-refractivity contribution in [3.63, 3.8) is 0 Å². The molecule has 7 nitrogen and oxygen atoms in total. The molecule has 0 spiro atoms. The van der Waals surface area contributed by atoms with Gasteiger partial charge in [-0.2, -0.15) is 13.2 Å². The number of benzene rings is 3. The Morgan fingerprint density at radius 3 is 2.33 bits per heavy atom. The van der Waals surface area contributed by atoms with Gasteiger partial charge in [0.15, 0.2) is 6.10 Å². The molecule has 1 unspecified atom stereocenters. The van der Waals surface area contributed by atoms with Crippen molar-refractivity contribution in [3.05, 3.63) is 88.4 Å². The summed E-state index contributed by atoms with van der Waals surface area (Å²) < 4.78 is 56.0. The molecule has 0 N–H and O–H groups in total. The van der Waals surface area contributed by atoms with Crippen molar-refractivity contribution in [2.24, 2.45) is 0 Å². The third kappa shape index (κ3) is 9.03. The second-order valence-corrected chi connectivity index (χ2v) is 13.5. The van der Waals surface area contributed by atoms with Crippen molar-refractivity contribution < 1.29 is 32.2 Å². The van der Waals surface area contributed by atoms with E-state index in [1.54, 1.807) is 32.7 Å². The maximum absolute atomic E-state index is 13.2. The average molecular weight is 700 g/mol. The zero-order valence-corrected chi connectivity index (χ0v) is 29.1.